The van der Waals surface area contributed by atoms with E-state index in [0.717, 1.165) is 35.9 Å². The number of carbonyl (C=O) groups excluding carboxylic acids is 1. The van der Waals surface area contributed by atoms with Gasteiger partial charge >= 0.3 is 0 Å². The number of nitrogens with zero attached hydrogens (tertiary/aromatic N) is 1. The lowest BCUT2D eigenvalue weighted by Crippen LogP contribution is -2.41. The van der Waals surface area contributed by atoms with Gasteiger partial charge in [-0.2, -0.15) is 0 Å². The molecule has 1 amide bonds. The number of likely N-dealkylation sites (N-methyl/N-ethyl adjacent to an activating group) is 1. The Morgan fingerprint density at radius 3 is 2.91 bits per heavy atom. The monoisotopic (exact) mass is 302 g/mol. The van der Waals surface area contributed by atoms with Crippen molar-refractivity contribution < 1.29 is 14.6 Å². The molecule has 2 N–H and O–H groups in total. The summed E-state index contributed by atoms with van der Waals surface area (Å²) in [5, 5.41) is 10.9. The first-order chi connectivity index (χ1) is 10.6. The summed E-state index contributed by atoms with van der Waals surface area (Å²) < 4.78 is 5.48. The second-order valence-corrected chi connectivity index (χ2v) is 5.85. The smallest absolute Gasteiger partial charge is 0.270 e. The molecule has 0 bridgehead atoms. The molecule has 0 radical (unpaired) electrons. The summed E-state index contributed by atoms with van der Waals surface area (Å²) in [6.45, 7) is 2.55. The first-order valence-corrected chi connectivity index (χ1v) is 7.81. The summed E-state index contributed by atoms with van der Waals surface area (Å²) in [5.41, 5.74) is 1.43. The van der Waals surface area contributed by atoms with E-state index in [2.05, 4.69) is 4.98 Å². The molecular formula is C17H22N2O3. The van der Waals surface area contributed by atoms with Crippen LogP contribution in [0.2, 0.25) is 0 Å². The predicted octanol–water partition coefficient (Wildman–Crippen LogP) is 2.55. The van der Waals surface area contributed by atoms with Crippen LogP contribution in [0.15, 0.2) is 24.3 Å². The van der Waals surface area contributed by atoms with Gasteiger partial charge in [-0.3, -0.25) is 4.79 Å². The number of aromatic nitrogens is 1. The van der Waals surface area contributed by atoms with E-state index in [1.807, 2.05) is 31.2 Å². The standard InChI is InChI=1S/C17H22N2O3/c1-3-22-12-8-7-11-9-14(18-13(11)10-12)17(21)19(2)15-5-4-6-16(15)20/h7-10,15-16,18,20H,3-6H2,1-2H3/t15-,16-/m1/s1. The summed E-state index contributed by atoms with van der Waals surface area (Å²) in [6, 6.07) is 7.51. The van der Waals surface area contributed by atoms with E-state index in [4.69, 9.17) is 4.74 Å². The zero-order chi connectivity index (χ0) is 15.7. The van der Waals surface area contributed by atoms with Crippen LogP contribution >= 0.6 is 0 Å². The molecule has 0 spiro atoms. The fraction of sp³-hybridized carbons (Fsp3) is 0.471. The zero-order valence-electron chi connectivity index (χ0n) is 13.0. The molecule has 5 nitrogen and oxygen atoms in total. The molecule has 5 heteroatoms. The number of nitrogens with one attached hydrogen (secondary N) is 1. The third kappa shape index (κ3) is 2.68. The Balaban J connectivity index is 1.84. The van der Waals surface area contributed by atoms with Gasteiger partial charge in [0.05, 0.1) is 18.8 Å². The van der Waals surface area contributed by atoms with Crippen molar-refractivity contribution >= 4 is 16.8 Å². The molecule has 1 aliphatic rings. The first kappa shape index (κ1) is 14.9. The number of fused-ring (bicyclic) bond motifs is 1. The topological polar surface area (TPSA) is 65.6 Å². The summed E-state index contributed by atoms with van der Waals surface area (Å²) >= 11 is 0. The molecule has 2 atom stereocenters. The highest BCUT2D eigenvalue weighted by atomic mass is 16.5. The maximum atomic E-state index is 12.6. The largest absolute Gasteiger partial charge is 0.494 e. The van der Waals surface area contributed by atoms with Crippen molar-refractivity contribution in [2.45, 2.75) is 38.3 Å². The minimum atomic E-state index is -0.414. The lowest BCUT2D eigenvalue weighted by atomic mass is 10.1. The molecule has 22 heavy (non-hydrogen) atoms. The van der Waals surface area contributed by atoms with Crippen LogP contribution in [0.25, 0.3) is 10.9 Å². The number of carbonyl (C=O) groups is 1. The van der Waals surface area contributed by atoms with Gasteiger partial charge in [0.2, 0.25) is 0 Å². The molecular weight excluding hydrogens is 280 g/mol. The fourth-order valence-corrected chi connectivity index (χ4v) is 3.19. The molecule has 1 aromatic carbocycles. The Morgan fingerprint density at radius 1 is 1.41 bits per heavy atom. The van der Waals surface area contributed by atoms with E-state index in [9.17, 15) is 9.90 Å². The van der Waals surface area contributed by atoms with E-state index >= 15 is 0 Å². The van der Waals surface area contributed by atoms with Gasteiger partial charge < -0.3 is 19.7 Å². The summed E-state index contributed by atoms with van der Waals surface area (Å²) in [6.07, 6.45) is 2.18. The van der Waals surface area contributed by atoms with Crippen LogP contribution in [0.5, 0.6) is 5.75 Å². The molecule has 2 aromatic rings. The number of rotatable bonds is 4. The van der Waals surface area contributed by atoms with Gasteiger partial charge in [0.25, 0.3) is 5.91 Å². The van der Waals surface area contributed by atoms with Crippen LogP contribution < -0.4 is 4.74 Å². The average molecular weight is 302 g/mol. The molecule has 1 heterocycles. The van der Waals surface area contributed by atoms with Crippen molar-refractivity contribution in [2.75, 3.05) is 13.7 Å². The second-order valence-electron chi connectivity index (χ2n) is 5.85. The summed E-state index contributed by atoms with van der Waals surface area (Å²) in [4.78, 5) is 17.4. The molecule has 0 aliphatic heterocycles. The highest BCUT2D eigenvalue weighted by molar-refractivity contribution is 5.98. The number of hydrogen-bond acceptors (Lipinski definition) is 3. The lowest BCUT2D eigenvalue weighted by Gasteiger charge is -2.26. The molecule has 1 saturated carbocycles. The number of ether oxygens (including phenoxy) is 1. The maximum Gasteiger partial charge on any atom is 0.270 e. The van der Waals surface area contributed by atoms with Gasteiger partial charge in [-0.15, -0.1) is 0 Å². The number of aliphatic hydroxyl groups excluding tert-OH is 1. The molecule has 118 valence electrons. The highest BCUT2D eigenvalue weighted by Crippen LogP contribution is 2.26. The van der Waals surface area contributed by atoms with Crippen molar-refractivity contribution in [3.8, 4) is 5.75 Å². The molecule has 0 saturated heterocycles. The van der Waals surface area contributed by atoms with Crippen LogP contribution in [0, 0.1) is 0 Å². The van der Waals surface area contributed by atoms with E-state index in [-0.39, 0.29) is 11.9 Å². The van der Waals surface area contributed by atoms with Crippen molar-refractivity contribution in [3.05, 3.63) is 30.0 Å². The number of hydrogen-bond donors (Lipinski definition) is 2. The quantitative estimate of drug-likeness (QED) is 0.912. The van der Waals surface area contributed by atoms with E-state index < -0.39 is 6.10 Å². The Bertz CT molecular complexity index is 680. The molecule has 1 aromatic heterocycles. The number of aliphatic hydroxyl groups is 1. The third-order valence-corrected chi connectivity index (χ3v) is 4.40. The lowest BCUT2D eigenvalue weighted by molar-refractivity contribution is 0.0534. The normalized spacial score (nSPS) is 21.2. The maximum absolute atomic E-state index is 12.6. The average Bonchev–Trinajstić information content (AvgIpc) is 3.11. The Kier molecular flexibility index (Phi) is 4.07. The second kappa shape index (κ2) is 6.01. The molecule has 3 rings (SSSR count). The SMILES string of the molecule is CCOc1ccc2cc(C(=O)N(C)[C@@H]3CCC[C@H]3O)[nH]c2c1. The number of amides is 1. The number of H-pyrrole nitrogens is 1. The molecule has 1 fully saturated rings. The predicted molar refractivity (Wildman–Crippen MR) is 85.2 cm³/mol. The third-order valence-electron chi connectivity index (χ3n) is 4.40. The van der Waals surface area contributed by atoms with Crippen LogP contribution in [0.3, 0.4) is 0 Å². The minimum absolute atomic E-state index is 0.0832. The van der Waals surface area contributed by atoms with Crippen molar-refractivity contribution in [2.24, 2.45) is 0 Å². The Labute approximate surface area is 129 Å². The highest BCUT2D eigenvalue weighted by Gasteiger charge is 2.32. The van der Waals surface area contributed by atoms with Crippen LogP contribution in [-0.4, -0.2) is 46.7 Å². The number of benzene rings is 1. The van der Waals surface area contributed by atoms with Gasteiger partial charge in [0, 0.05) is 24.0 Å². The Morgan fingerprint density at radius 2 is 2.23 bits per heavy atom. The van der Waals surface area contributed by atoms with Crippen LogP contribution in [0.4, 0.5) is 0 Å². The van der Waals surface area contributed by atoms with Crippen molar-refractivity contribution in [1.29, 1.82) is 0 Å². The van der Waals surface area contributed by atoms with Crippen LogP contribution in [0.1, 0.15) is 36.7 Å². The zero-order valence-corrected chi connectivity index (χ0v) is 13.0. The molecule has 0 unspecified atom stereocenters. The first-order valence-electron chi connectivity index (χ1n) is 7.81. The van der Waals surface area contributed by atoms with Gasteiger partial charge in [-0.05, 0) is 44.4 Å². The van der Waals surface area contributed by atoms with Gasteiger partial charge in [-0.25, -0.2) is 0 Å². The minimum Gasteiger partial charge on any atom is -0.494 e. The van der Waals surface area contributed by atoms with E-state index in [0.29, 0.717) is 12.3 Å². The van der Waals surface area contributed by atoms with Crippen LogP contribution in [-0.2, 0) is 0 Å². The van der Waals surface area contributed by atoms with E-state index in [1.165, 1.54) is 0 Å². The van der Waals surface area contributed by atoms with Crippen molar-refractivity contribution in [3.63, 3.8) is 0 Å². The van der Waals surface area contributed by atoms with E-state index in [1.54, 1.807) is 11.9 Å². The molecule has 1 aliphatic carbocycles. The van der Waals surface area contributed by atoms with Gasteiger partial charge in [0.15, 0.2) is 0 Å². The van der Waals surface area contributed by atoms with Gasteiger partial charge in [0.1, 0.15) is 11.4 Å². The fourth-order valence-electron chi connectivity index (χ4n) is 3.19. The Hall–Kier alpha value is -2.01. The van der Waals surface area contributed by atoms with Gasteiger partial charge in [-0.1, -0.05) is 0 Å². The number of aromatic amines is 1. The summed E-state index contributed by atoms with van der Waals surface area (Å²) in [5.74, 6) is 0.704. The van der Waals surface area contributed by atoms with Crippen molar-refractivity contribution in [1.82, 2.24) is 9.88 Å². The summed E-state index contributed by atoms with van der Waals surface area (Å²) in [7, 11) is 1.76.